The lowest BCUT2D eigenvalue weighted by Crippen LogP contribution is -2.54. The van der Waals surface area contributed by atoms with E-state index in [0.717, 1.165) is 22.4 Å². The zero-order valence-corrected chi connectivity index (χ0v) is 17.9. The Balaban J connectivity index is 1.71. The summed E-state index contributed by atoms with van der Waals surface area (Å²) < 4.78 is 5.27. The van der Waals surface area contributed by atoms with Crippen LogP contribution < -0.4 is 10.6 Å². The van der Waals surface area contributed by atoms with E-state index in [4.69, 9.17) is 4.74 Å². The molecule has 0 aliphatic rings. The highest BCUT2D eigenvalue weighted by Gasteiger charge is 2.35. The molecule has 160 valence electrons. The molecule has 0 unspecified atom stereocenters. The van der Waals surface area contributed by atoms with Crippen molar-refractivity contribution in [3.8, 4) is 11.1 Å². The van der Waals surface area contributed by atoms with Gasteiger partial charge >= 0.3 is 5.97 Å². The highest BCUT2D eigenvalue weighted by atomic mass is 16.5. The molecule has 3 aromatic rings. The lowest BCUT2D eigenvalue weighted by Gasteiger charge is -2.28. The number of amides is 1. The maximum Gasteiger partial charge on any atom is 0.326 e. The first-order chi connectivity index (χ1) is 15.0. The Morgan fingerprint density at radius 2 is 1.48 bits per heavy atom. The van der Waals surface area contributed by atoms with Gasteiger partial charge in [0.1, 0.15) is 5.54 Å². The molecule has 31 heavy (non-hydrogen) atoms. The van der Waals surface area contributed by atoms with E-state index in [-0.39, 0.29) is 25.0 Å². The number of nitrogens with one attached hydrogen (secondary N) is 2. The van der Waals surface area contributed by atoms with Gasteiger partial charge in [-0.15, -0.1) is 0 Å². The van der Waals surface area contributed by atoms with Crippen LogP contribution in [0.2, 0.25) is 0 Å². The maximum absolute atomic E-state index is 12.7. The van der Waals surface area contributed by atoms with E-state index in [0.29, 0.717) is 6.42 Å². The van der Waals surface area contributed by atoms with Crippen LogP contribution in [-0.4, -0.2) is 30.6 Å². The van der Waals surface area contributed by atoms with Crippen LogP contribution in [0.4, 0.5) is 5.69 Å². The summed E-state index contributed by atoms with van der Waals surface area (Å²) in [7, 11) is 0. The van der Waals surface area contributed by atoms with Gasteiger partial charge in [0.25, 0.3) is 0 Å². The van der Waals surface area contributed by atoms with Crippen molar-refractivity contribution in [2.45, 2.75) is 25.8 Å². The first kappa shape index (κ1) is 22.2. The number of carbonyl (C=O) groups excluding carboxylic acids is 2. The SMILES string of the molecule is CCOC(=O)[C@](C)(Cc1ccccc1)NCC(=O)Nc1ccccc1-c1ccccc1. The lowest BCUT2D eigenvalue weighted by molar-refractivity contribution is -0.150. The number of rotatable bonds is 9. The van der Waals surface area contributed by atoms with Crippen molar-refractivity contribution < 1.29 is 14.3 Å². The smallest absolute Gasteiger partial charge is 0.326 e. The Bertz CT molecular complexity index is 1010. The zero-order valence-electron chi connectivity index (χ0n) is 17.9. The Morgan fingerprint density at radius 1 is 0.871 bits per heavy atom. The fourth-order valence-electron chi connectivity index (χ4n) is 3.43. The van der Waals surface area contributed by atoms with Crippen molar-refractivity contribution in [2.75, 3.05) is 18.5 Å². The topological polar surface area (TPSA) is 67.4 Å². The molecule has 0 fully saturated rings. The summed E-state index contributed by atoms with van der Waals surface area (Å²) in [4.78, 5) is 25.4. The predicted octanol–water partition coefficient (Wildman–Crippen LogP) is 4.45. The average molecular weight is 417 g/mol. The van der Waals surface area contributed by atoms with Crippen LogP contribution in [0.25, 0.3) is 11.1 Å². The zero-order chi connectivity index (χ0) is 22.1. The highest BCUT2D eigenvalue weighted by Crippen LogP contribution is 2.27. The number of benzene rings is 3. The monoisotopic (exact) mass is 416 g/mol. The molecule has 1 amide bonds. The van der Waals surface area contributed by atoms with Crippen molar-refractivity contribution in [1.29, 1.82) is 0 Å². The van der Waals surface area contributed by atoms with E-state index in [1.807, 2.05) is 84.9 Å². The van der Waals surface area contributed by atoms with Gasteiger partial charge in [0.2, 0.25) is 5.91 Å². The minimum absolute atomic E-state index is 0.0225. The van der Waals surface area contributed by atoms with E-state index in [2.05, 4.69) is 10.6 Å². The molecule has 0 radical (unpaired) electrons. The van der Waals surface area contributed by atoms with Crippen molar-refractivity contribution >= 4 is 17.6 Å². The number of esters is 1. The van der Waals surface area contributed by atoms with Crippen LogP contribution in [-0.2, 0) is 20.7 Å². The number of hydrogen-bond acceptors (Lipinski definition) is 4. The fraction of sp³-hybridized carbons (Fsp3) is 0.231. The van der Waals surface area contributed by atoms with Gasteiger partial charge in [-0.3, -0.25) is 14.9 Å². The summed E-state index contributed by atoms with van der Waals surface area (Å²) >= 11 is 0. The standard InChI is InChI=1S/C26H28N2O3/c1-3-31-25(30)26(2,18-20-12-6-4-7-13-20)27-19-24(29)28-23-17-11-10-16-22(23)21-14-8-5-9-15-21/h4-17,27H,3,18-19H2,1-2H3,(H,28,29)/t26-/m0/s1. The number of anilines is 1. The lowest BCUT2D eigenvalue weighted by atomic mass is 9.92. The van der Waals surface area contributed by atoms with Crippen LogP contribution in [0, 0.1) is 0 Å². The molecule has 0 spiro atoms. The number of carbonyl (C=O) groups is 2. The van der Waals surface area contributed by atoms with Gasteiger partial charge in [0.05, 0.1) is 13.2 Å². The molecule has 5 nitrogen and oxygen atoms in total. The molecular formula is C26H28N2O3. The second kappa shape index (κ2) is 10.5. The summed E-state index contributed by atoms with van der Waals surface area (Å²) in [5.41, 5.74) is 2.65. The number of ether oxygens (including phenoxy) is 1. The minimum atomic E-state index is -1.02. The van der Waals surface area contributed by atoms with Gasteiger partial charge in [-0.1, -0.05) is 78.9 Å². The fourth-order valence-corrected chi connectivity index (χ4v) is 3.43. The van der Waals surface area contributed by atoms with Crippen molar-refractivity contribution in [1.82, 2.24) is 5.32 Å². The largest absolute Gasteiger partial charge is 0.465 e. The molecule has 3 aromatic carbocycles. The van der Waals surface area contributed by atoms with Gasteiger partial charge in [0, 0.05) is 17.7 Å². The Labute approximate surface area is 183 Å². The van der Waals surface area contributed by atoms with Gasteiger partial charge in [-0.2, -0.15) is 0 Å². The summed E-state index contributed by atoms with van der Waals surface area (Å²) in [6.07, 6.45) is 0.417. The normalized spacial score (nSPS) is 12.6. The van der Waals surface area contributed by atoms with Gasteiger partial charge in [0.15, 0.2) is 0 Å². The average Bonchev–Trinajstić information content (AvgIpc) is 2.79. The first-order valence-corrected chi connectivity index (χ1v) is 10.4. The van der Waals surface area contributed by atoms with Gasteiger partial charge in [-0.05, 0) is 31.0 Å². The van der Waals surface area contributed by atoms with E-state index >= 15 is 0 Å². The second-order valence-electron chi connectivity index (χ2n) is 7.53. The Morgan fingerprint density at radius 3 is 2.16 bits per heavy atom. The quantitative estimate of drug-likeness (QED) is 0.506. The number of hydrogen-bond donors (Lipinski definition) is 2. The van der Waals surface area contributed by atoms with Gasteiger partial charge in [-0.25, -0.2) is 0 Å². The summed E-state index contributed by atoms with van der Waals surface area (Å²) in [6.45, 7) is 3.80. The van der Waals surface area contributed by atoms with Crippen LogP contribution in [0.15, 0.2) is 84.9 Å². The maximum atomic E-state index is 12.7. The molecule has 0 aromatic heterocycles. The first-order valence-electron chi connectivity index (χ1n) is 10.4. The highest BCUT2D eigenvalue weighted by molar-refractivity contribution is 5.97. The van der Waals surface area contributed by atoms with Crippen LogP contribution in [0.5, 0.6) is 0 Å². The van der Waals surface area contributed by atoms with E-state index in [1.54, 1.807) is 13.8 Å². The molecule has 0 bridgehead atoms. The van der Waals surface area contributed by atoms with E-state index in [9.17, 15) is 9.59 Å². The van der Waals surface area contributed by atoms with Gasteiger partial charge < -0.3 is 10.1 Å². The molecule has 5 heteroatoms. The molecule has 0 saturated heterocycles. The van der Waals surface area contributed by atoms with E-state index < -0.39 is 5.54 Å². The molecular weight excluding hydrogens is 388 g/mol. The summed E-state index contributed by atoms with van der Waals surface area (Å²) in [5, 5.41) is 6.08. The Hall–Kier alpha value is -3.44. The molecule has 0 heterocycles. The molecule has 1 atom stereocenters. The Kier molecular flexibility index (Phi) is 7.57. The minimum Gasteiger partial charge on any atom is -0.465 e. The summed E-state index contributed by atoms with van der Waals surface area (Å²) in [6, 6.07) is 27.2. The van der Waals surface area contributed by atoms with E-state index in [1.165, 1.54) is 0 Å². The molecule has 0 aliphatic heterocycles. The van der Waals surface area contributed by atoms with Crippen molar-refractivity contribution in [3.05, 3.63) is 90.5 Å². The van der Waals surface area contributed by atoms with Crippen LogP contribution in [0.1, 0.15) is 19.4 Å². The molecule has 3 rings (SSSR count). The van der Waals surface area contributed by atoms with Crippen molar-refractivity contribution in [3.63, 3.8) is 0 Å². The molecule has 0 saturated carbocycles. The van der Waals surface area contributed by atoms with Crippen molar-refractivity contribution in [2.24, 2.45) is 0 Å². The second-order valence-corrected chi connectivity index (χ2v) is 7.53. The molecule has 0 aliphatic carbocycles. The predicted molar refractivity (Wildman–Crippen MR) is 124 cm³/mol. The third-order valence-electron chi connectivity index (χ3n) is 5.05. The summed E-state index contributed by atoms with van der Waals surface area (Å²) in [5.74, 6) is -0.608. The third kappa shape index (κ3) is 6.03. The van der Waals surface area contributed by atoms with Crippen LogP contribution in [0.3, 0.4) is 0 Å². The molecule has 2 N–H and O–H groups in total. The third-order valence-corrected chi connectivity index (χ3v) is 5.05. The van der Waals surface area contributed by atoms with Crippen LogP contribution >= 0.6 is 0 Å². The number of para-hydroxylation sites is 1.